The molecule has 1 aliphatic heterocycles. The summed E-state index contributed by atoms with van der Waals surface area (Å²) in [5.41, 5.74) is -0.0907. The second-order valence-corrected chi connectivity index (χ2v) is 10.0. The summed E-state index contributed by atoms with van der Waals surface area (Å²) in [6, 6.07) is 7.62. The summed E-state index contributed by atoms with van der Waals surface area (Å²) in [5, 5.41) is 11.7. The Morgan fingerprint density at radius 1 is 1.10 bits per heavy atom. The number of benzene rings is 1. The van der Waals surface area contributed by atoms with Gasteiger partial charge in [-0.3, -0.25) is 9.80 Å². The Hall–Kier alpha value is -1.31. The number of hydrogen-bond donors (Lipinski definition) is 1. The Bertz CT molecular complexity index is 753. The lowest BCUT2D eigenvalue weighted by Gasteiger charge is -2.44. The first kappa shape index (κ1) is 22.9. The van der Waals surface area contributed by atoms with Crippen molar-refractivity contribution in [2.24, 2.45) is 5.92 Å². The van der Waals surface area contributed by atoms with Gasteiger partial charge in [0.05, 0.1) is 5.60 Å². The lowest BCUT2D eigenvalue weighted by atomic mass is 9.70. The molecule has 0 spiro atoms. The average Bonchev–Trinajstić information content (AvgIpc) is 3.45. The zero-order valence-electron chi connectivity index (χ0n) is 18.7. The Labute approximate surface area is 183 Å². The van der Waals surface area contributed by atoms with Gasteiger partial charge in [0.25, 0.3) is 0 Å². The van der Waals surface area contributed by atoms with Gasteiger partial charge in [0, 0.05) is 37.1 Å². The predicted octanol–water partition coefficient (Wildman–Crippen LogP) is 4.78. The zero-order valence-corrected chi connectivity index (χ0v) is 18.7. The molecule has 0 amide bonds. The smallest absolute Gasteiger partial charge is 0.406 e. The van der Waals surface area contributed by atoms with Crippen LogP contribution in [0.2, 0.25) is 0 Å². The van der Waals surface area contributed by atoms with E-state index in [-0.39, 0.29) is 17.6 Å². The summed E-state index contributed by atoms with van der Waals surface area (Å²) in [6.45, 7) is 6.46. The molecule has 2 aliphatic carbocycles. The van der Waals surface area contributed by atoms with E-state index in [1.165, 1.54) is 12.1 Å². The third-order valence-electron chi connectivity index (χ3n) is 7.84. The van der Waals surface area contributed by atoms with Gasteiger partial charge in [0.15, 0.2) is 0 Å². The normalized spacial score (nSPS) is 33.1. The Kier molecular flexibility index (Phi) is 6.32. The molecule has 4 rings (SSSR count). The Balaban J connectivity index is 1.59. The fourth-order valence-electron chi connectivity index (χ4n) is 6.03. The number of rotatable bonds is 5. The van der Waals surface area contributed by atoms with Crippen LogP contribution in [0.15, 0.2) is 24.3 Å². The number of alkyl halides is 3. The summed E-state index contributed by atoms with van der Waals surface area (Å²) in [7, 11) is 2.16. The number of ether oxygens (including phenoxy) is 1. The molecule has 1 aromatic carbocycles. The van der Waals surface area contributed by atoms with Crippen LogP contribution in [0.3, 0.4) is 0 Å². The summed E-state index contributed by atoms with van der Waals surface area (Å²) in [6.07, 6.45) is 0.720. The molecule has 5 atom stereocenters. The van der Waals surface area contributed by atoms with Gasteiger partial charge in [-0.1, -0.05) is 31.4 Å². The van der Waals surface area contributed by atoms with Crippen molar-refractivity contribution in [1.29, 1.82) is 0 Å². The maximum atomic E-state index is 12.8. The summed E-state index contributed by atoms with van der Waals surface area (Å²) in [5.74, 6) is -0.111. The van der Waals surface area contributed by atoms with Crippen LogP contribution in [0, 0.1) is 5.92 Å². The number of piperazine rings is 1. The highest BCUT2D eigenvalue weighted by atomic mass is 19.4. The molecule has 3 fully saturated rings. The van der Waals surface area contributed by atoms with Crippen LogP contribution >= 0.6 is 0 Å². The lowest BCUT2D eigenvalue weighted by Crippen LogP contribution is -2.56. The maximum Gasteiger partial charge on any atom is 0.573 e. The topological polar surface area (TPSA) is 35.9 Å². The van der Waals surface area contributed by atoms with Crippen molar-refractivity contribution in [3.05, 3.63) is 29.8 Å². The molecule has 3 unspecified atom stereocenters. The second-order valence-electron chi connectivity index (χ2n) is 10.0. The molecule has 31 heavy (non-hydrogen) atoms. The first-order chi connectivity index (χ1) is 14.6. The van der Waals surface area contributed by atoms with Crippen LogP contribution in [-0.4, -0.2) is 65.1 Å². The Morgan fingerprint density at radius 2 is 1.74 bits per heavy atom. The fourth-order valence-corrected chi connectivity index (χ4v) is 6.03. The SMILES string of the molecule is C[C@@H]1CN(C2CC2C(c2cccc(OC(F)(F)F)c2)C2(O)CCCCC2)C[C@H](C)N1C. The number of halogens is 3. The molecule has 1 N–H and O–H groups in total. The van der Waals surface area contributed by atoms with Crippen LogP contribution in [0.25, 0.3) is 0 Å². The quantitative estimate of drug-likeness (QED) is 0.715. The predicted molar refractivity (Wildman–Crippen MR) is 114 cm³/mol. The van der Waals surface area contributed by atoms with Crippen molar-refractivity contribution in [3.8, 4) is 5.75 Å². The highest BCUT2D eigenvalue weighted by Gasteiger charge is 2.55. The number of likely N-dealkylation sites (N-methyl/N-ethyl adjacent to an activating group) is 1. The van der Waals surface area contributed by atoms with E-state index in [4.69, 9.17) is 0 Å². The van der Waals surface area contributed by atoms with E-state index >= 15 is 0 Å². The molecule has 1 heterocycles. The molecule has 7 heteroatoms. The van der Waals surface area contributed by atoms with Gasteiger partial charge in [-0.05, 0) is 63.8 Å². The molecule has 2 saturated carbocycles. The first-order valence-electron chi connectivity index (χ1n) is 11.6. The van der Waals surface area contributed by atoms with Gasteiger partial charge < -0.3 is 9.84 Å². The number of aliphatic hydroxyl groups is 1. The second kappa shape index (κ2) is 8.56. The maximum absolute atomic E-state index is 12.8. The largest absolute Gasteiger partial charge is 0.573 e. The van der Waals surface area contributed by atoms with Crippen LogP contribution in [0.1, 0.15) is 63.9 Å². The summed E-state index contributed by atoms with van der Waals surface area (Å²) in [4.78, 5) is 4.94. The molecule has 4 nitrogen and oxygen atoms in total. The van der Waals surface area contributed by atoms with Crippen molar-refractivity contribution < 1.29 is 23.0 Å². The van der Waals surface area contributed by atoms with Crippen LogP contribution in [0.5, 0.6) is 5.75 Å². The van der Waals surface area contributed by atoms with Crippen molar-refractivity contribution in [1.82, 2.24) is 9.80 Å². The van der Waals surface area contributed by atoms with Crippen LogP contribution in [-0.2, 0) is 0 Å². The van der Waals surface area contributed by atoms with E-state index in [1.54, 1.807) is 6.07 Å². The minimum atomic E-state index is -4.72. The Morgan fingerprint density at radius 3 is 2.35 bits per heavy atom. The lowest BCUT2D eigenvalue weighted by molar-refractivity contribution is -0.274. The van der Waals surface area contributed by atoms with Gasteiger partial charge in [0.2, 0.25) is 0 Å². The minimum Gasteiger partial charge on any atom is -0.406 e. The van der Waals surface area contributed by atoms with Crippen molar-refractivity contribution in [3.63, 3.8) is 0 Å². The molecular formula is C24H35F3N2O2. The average molecular weight is 441 g/mol. The van der Waals surface area contributed by atoms with Crippen LogP contribution in [0.4, 0.5) is 13.2 Å². The molecule has 0 bridgehead atoms. The molecule has 1 aromatic rings. The van der Waals surface area contributed by atoms with Crippen LogP contribution < -0.4 is 4.74 Å². The van der Waals surface area contributed by atoms with E-state index < -0.39 is 12.0 Å². The standard InChI is InChI=1S/C24H35F3N2O2/c1-16-14-29(15-17(2)28(16)3)21-13-20(21)22(23(30)10-5-4-6-11-23)18-8-7-9-19(12-18)31-24(25,26)27/h7-9,12,16-17,20-22,30H,4-6,10-11,13-15H2,1-3H3/t16-,17+,20?,21?,22?. The van der Waals surface area contributed by atoms with Crippen molar-refractivity contribution in [2.45, 2.75) is 88.4 Å². The third kappa shape index (κ3) is 5.04. The summed E-state index contributed by atoms with van der Waals surface area (Å²) >= 11 is 0. The number of hydrogen-bond acceptors (Lipinski definition) is 4. The summed E-state index contributed by atoms with van der Waals surface area (Å²) < 4.78 is 42.6. The molecule has 0 aromatic heterocycles. The van der Waals surface area contributed by atoms with E-state index in [2.05, 4.69) is 35.4 Å². The van der Waals surface area contributed by atoms with Gasteiger partial charge in [-0.25, -0.2) is 0 Å². The van der Waals surface area contributed by atoms with E-state index in [0.29, 0.717) is 31.0 Å². The van der Waals surface area contributed by atoms with Gasteiger partial charge >= 0.3 is 6.36 Å². The van der Waals surface area contributed by atoms with E-state index in [9.17, 15) is 18.3 Å². The molecule has 174 valence electrons. The molecular weight excluding hydrogens is 405 g/mol. The van der Waals surface area contributed by atoms with Gasteiger partial charge in [-0.15, -0.1) is 13.2 Å². The highest BCUT2D eigenvalue weighted by Crippen LogP contribution is 2.55. The minimum absolute atomic E-state index is 0.167. The fraction of sp³-hybridized carbons (Fsp3) is 0.750. The van der Waals surface area contributed by atoms with Gasteiger partial charge in [-0.2, -0.15) is 0 Å². The van der Waals surface area contributed by atoms with E-state index in [1.807, 2.05) is 6.07 Å². The molecule has 1 saturated heterocycles. The first-order valence-corrected chi connectivity index (χ1v) is 11.6. The zero-order chi connectivity index (χ0) is 22.4. The number of nitrogens with zero attached hydrogens (tertiary/aromatic N) is 2. The van der Waals surface area contributed by atoms with Crippen molar-refractivity contribution >= 4 is 0 Å². The molecule has 3 aliphatic rings. The van der Waals surface area contributed by atoms with Crippen molar-refractivity contribution in [2.75, 3.05) is 20.1 Å². The highest BCUT2D eigenvalue weighted by molar-refractivity contribution is 5.35. The van der Waals surface area contributed by atoms with E-state index in [0.717, 1.165) is 44.3 Å². The van der Waals surface area contributed by atoms with Gasteiger partial charge in [0.1, 0.15) is 5.75 Å². The molecule has 0 radical (unpaired) electrons. The monoisotopic (exact) mass is 440 g/mol. The third-order valence-corrected chi connectivity index (χ3v) is 7.84.